The largest absolute Gasteiger partial charge is 0.481 e. The van der Waals surface area contributed by atoms with Gasteiger partial charge in [0.2, 0.25) is 11.8 Å². The molecule has 0 bridgehead atoms. The Hall–Kier alpha value is -1.63. The number of hydrogen-bond donors (Lipinski definition) is 3. The molecule has 2 amide bonds. The lowest BCUT2D eigenvalue weighted by Gasteiger charge is -2.22. The molecule has 0 aromatic rings. The van der Waals surface area contributed by atoms with Crippen LogP contribution in [-0.2, 0) is 14.4 Å². The predicted molar refractivity (Wildman–Crippen MR) is 63.6 cm³/mol. The van der Waals surface area contributed by atoms with E-state index < -0.39 is 24.3 Å². The first-order valence-electron chi connectivity index (χ1n) is 5.95. The van der Waals surface area contributed by atoms with Gasteiger partial charge in [0, 0.05) is 25.6 Å². The molecule has 0 aromatic carbocycles. The highest BCUT2D eigenvalue weighted by atomic mass is 16.4. The number of nitrogens with one attached hydrogen (secondary N) is 1. The van der Waals surface area contributed by atoms with Crippen LogP contribution in [0.2, 0.25) is 0 Å². The number of carboxylic acids is 1. The van der Waals surface area contributed by atoms with Crippen LogP contribution in [0.4, 0.5) is 0 Å². The lowest BCUT2D eigenvalue weighted by molar-refractivity contribution is -0.139. The fourth-order valence-electron chi connectivity index (χ4n) is 1.90. The molecule has 0 aromatic heterocycles. The van der Waals surface area contributed by atoms with Crippen LogP contribution >= 0.6 is 0 Å². The molecule has 1 aliphatic rings. The second kappa shape index (κ2) is 6.34. The van der Waals surface area contributed by atoms with Gasteiger partial charge in [0.05, 0.1) is 12.5 Å². The quantitative estimate of drug-likeness (QED) is 0.560. The number of hydrogen-bond acceptors (Lipinski definition) is 4. The highest BCUT2D eigenvalue weighted by Crippen LogP contribution is 2.09. The van der Waals surface area contributed by atoms with Crippen LogP contribution in [-0.4, -0.2) is 53.0 Å². The summed E-state index contributed by atoms with van der Waals surface area (Å²) in [6.45, 7) is 2.90. The fraction of sp³-hybridized carbons (Fsp3) is 0.727. The molecule has 1 heterocycles. The second-order valence-electron chi connectivity index (χ2n) is 4.56. The van der Waals surface area contributed by atoms with E-state index in [2.05, 4.69) is 5.32 Å². The van der Waals surface area contributed by atoms with Crippen LogP contribution in [0.25, 0.3) is 0 Å². The van der Waals surface area contributed by atoms with Crippen LogP contribution < -0.4 is 11.1 Å². The molecule has 1 fully saturated rings. The van der Waals surface area contributed by atoms with E-state index in [1.165, 1.54) is 0 Å². The molecule has 7 nitrogen and oxygen atoms in total. The van der Waals surface area contributed by atoms with Crippen molar-refractivity contribution in [1.82, 2.24) is 10.2 Å². The summed E-state index contributed by atoms with van der Waals surface area (Å²) in [6, 6.07) is -1.29. The number of carboxylic acid groups (broad SMARTS) is 1. The van der Waals surface area contributed by atoms with Crippen molar-refractivity contribution < 1.29 is 19.5 Å². The van der Waals surface area contributed by atoms with Crippen LogP contribution in [0.1, 0.15) is 26.2 Å². The summed E-state index contributed by atoms with van der Waals surface area (Å²) in [7, 11) is 0. The summed E-state index contributed by atoms with van der Waals surface area (Å²) in [5.41, 5.74) is 5.43. The SMILES string of the molecule is CC(CN1CCCC1=O)NC(=O)C(N)CC(=O)O. The van der Waals surface area contributed by atoms with Gasteiger partial charge in [-0.25, -0.2) is 0 Å². The Balaban J connectivity index is 2.34. The number of nitrogens with zero attached hydrogens (tertiary/aromatic N) is 1. The Labute approximate surface area is 105 Å². The van der Waals surface area contributed by atoms with E-state index in [9.17, 15) is 14.4 Å². The minimum absolute atomic E-state index is 0.0888. The minimum atomic E-state index is -1.11. The van der Waals surface area contributed by atoms with Crippen molar-refractivity contribution in [3.05, 3.63) is 0 Å². The van der Waals surface area contributed by atoms with Crippen molar-refractivity contribution in [2.24, 2.45) is 5.73 Å². The van der Waals surface area contributed by atoms with E-state index in [0.717, 1.165) is 6.42 Å². The standard InChI is InChI=1S/C11H19N3O4/c1-7(6-14-4-2-3-9(14)15)13-11(18)8(12)5-10(16)17/h7-8H,2-6,12H2,1H3,(H,13,18)(H,16,17). The van der Waals surface area contributed by atoms with E-state index in [4.69, 9.17) is 10.8 Å². The summed E-state index contributed by atoms with van der Waals surface area (Å²) < 4.78 is 0. The zero-order valence-corrected chi connectivity index (χ0v) is 10.4. The second-order valence-corrected chi connectivity index (χ2v) is 4.56. The van der Waals surface area contributed by atoms with Crippen molar-refractivity contribution in [3.8, 4) is 0 Å². The molecule has 4 N–H and O–H groups in total. The molecule has 0 saturated carbocycles. The summed E-state index contributed by atoms with van der Waals surface area (Å²) in [6.07, 6.45) is 0.998. The molecular weight excluding hydrogens is 238 g/mol. The molecule has 0 aliphatic carbocycles. The third-order valence-electron chi connectivity index (χ3n) is 2.79. The van der Waals surface area contributed by atoms with Crippen LogP contribution in [0, 0.1) is 0 Å². The lowest BCUT2D eigenvalue weighted by Crippen LogP contribution is -2.49. The number of amides is 2. The van der Waals surface area contributed by atoms with Gasteiger partial charge in [-0.2, -0.15) is 0 Å². The van der Waals surface area contributed by atoms with Gasteiger partial charge in [0.1, 0.15) is 0 Å². The van der Waals surface area contributed by atoms with E-state index >= 15 is 0 Å². The van der Waals surface area contributed by atoms with Crippen molar-refractivity contribution >= 4 is 17.8 Å². The van der Waals surface area contributed by atoms with E-state index in [1.807, 2.05) is 0 Å². The van der Waals surface area contributed by atoms with Crippen molar-refractivity contribution in [3.63, 3.8) is 0 Å². The molecule has 1 aliphatic heterocycles. The highest BCUT2D eigenvalue weighted by molar-refractivity contribution is 5.86. The van der Waals surface area contributed by atoms with Crippen LogP contribution in [0.5, 0.6) is 0 Å². The van der Waals surface area contributed by atoms with E-state index in [1.54, 1.807) is 11.8 Å². The Morgan fingerprint density at radius 3 is 2.72 bits per heavy atom. The molecule has 0 radical (unpaired) electrons. The van der Waals surface area contributed by atoms with Gasteiger partial charge in [-0.1, -0.05) is 0 Å². The predicted octanol–water partition coefficient (Wildman–Crippen LogP) is -1.08. The van der Waals surface area contributed by atoms with Gasteiger partial charge in [-0.3, -0.25) is 14.4 Å². The van der Waals surface area contributed by atoms with E-state index in [0.29, 0.717) is 19.5 Å². The molecule has 2 unspecified atom stereocenters. The van der Waals surface area contributed by atoms with E-state index in [-0.39, 0.29) is 11.9 Å². The third kappa shape index (κ3) is 4.33. The van der Waals surface area contributed by atoms with Gasteiger partial charge in [-0.05, 0) is 13.3 Å². The topological polar surface area (TPSA) is 113 Å². The summed E-state index contributed by atoms with van der Waals surface area (Å²) in [5, 5.41) is 11.1. The van der Waals surface area contributed by atoms with Gasteiger partial charge >= 0.3 is 5.97 Å². The number of rotatable bonds is 6. The average Bonchev–Trinajstić information content (AvgIpc) is 2.63. The molecule has 7 heteroatoms. The number of aliphatic carboxylic acids is 1. The van der Waals surface area contributed by atoms with Gasteiger partial charge in [0.15, 0.2) is 0 Å². The molecule has 102 valence electrons. The van der Waals surface area contributed by atoms with Crippen LogP contribution in [0.3, 0.4) is 0 Å². The monoisotopic (exact) mass is 257 g/mol. The number of likely N-dealkylation sites (tertiary alicyclic amines) is 1. The van der Waals surface area contributed by atoms with Gasteiger partial charge < -0.3 is 21.1 Å². The van der Waals surface area contributed by atoms with Crippen molar-refractivity contribution in [1.29, 1.82) is 0 Å². The maximum atomic E-state index is 11.5. The zero-order chi connectivity index (χ0) is 13.7. The zero-order valence-electron chi connectivity index (χ0n) is 10.4. The maximum Gasteiger partial charge on any atom is 0.305 e. The summed E-state index contributed by atoms with van der Waals surface area (Å²) in [4.78, 5) is 35.0. The smallest absolute Gasteiger partial charge is 0.305 e. The first-order chi connectivity index (χ1) is 8.40. The maximum absolute atomic E-state index is 11.5. The Kier molecular flexibility index (Phi) is 5.08. The summed E-state index contributed by atoms with van der Waals surface area (Å²) in [5.74, 6) is -1.53. The normalized spacial score (nSPS) is 18.6. The Morgan fingerprint density at radius 1 is 1.56 bits per heavy atom. The Morgan fingerprint density at radius 2 is 2.22 bits per heavy atom. The Bertz CT molecular complexity index is 345. The van der Waals surface area contributed by atoms with Crippen molar-refractivity contribution in [2.45, 2.75) is 38.3 Å². The molecular formula is C11H19N3O4. The van der Waals surface area contributed by atoms with Crippen LogP contribution in [0.15, 0.2) is 0 Å². The number of carbonyl (C=O) groups excluding carboxylic acids is 2. The summed E-state index contributed by atoms with van der Waals surface area (Å²) >= 11 is 0. The third-order valence-corrected chi connectivity index (χ3v) is 2.79. The fourth-order valence-corrected chi connectivity index (χ4v) is 1.90. The molecule has 1 rings (SSSR count). The first-order valence-corrected chi connectivity index (χ1v) is 5.95. The number of carbonyl (C=O) groups is 3. The molecule has 18 heavy (non-hydrogen) atoms. The lowest BCUT2D eigenvalue weighted by atomic mass is 10.2. The first kappa shape index (κ1) is 14.4. The minimum Gasteiger partial charge on any atom is -0.481 e. The average molecular weight is 257 g/mol. The highest BCUT2D eigenvalue weighted by Gasteiger charge is 2.24. The van der Waals surface area contributed by atoms with Gasteiger partial charge in [-0.15, -0.1) is 0 Å². The van der Waals surface area contributed by atoms with Crippen molar-refractivity contribution in [2.75, 3.05) is 13.1 Å². The molecule has 0 spiro atoms. The van der Waals surface area contributed by atoms with Gasteiger partial charge in [0.25, 0.3) is 0 Å². The molecule has 1 saturated heterocycles. The number of nitrogens with two attached hydrogens (primary N) is 1. The molecule has 2 atom stereocenters.